The predicted octanol–water partition coefficient (Wildman–Crippen LogP) is 5.14. The Bertz CT molecular complexity index is 1440. The molecular weight excluding hydrogens is 536 g/mol. The fourth-order valence-electron chi connectivity index (χ4n) is 4.58. The topological polar surface area (TPSA) is 87.9 Å². The summed E-state index contributed by atoms with van der Waals surface area (Å²) < 4.78 is 32.7. The Labute approximate surface area is 227 Å². The molecule has 1 amide bonds. The van der Waals surface area contributed by atoms with Crippen molar-refractivity contribution >= 4 is 44.6 Å². The van der Waals surface area contributed by atoms with E-state index in [1.54, 1.807) is 18.5 Å². The number of benzene rings is 1. The van der Waals surface area contributed by atoms with Crippen LogP contribution in [0, 0.1) is 5.92 Å². The highest BCUT2D eigenvalue weighted by Gasteiger charge is 2.27. The molecule has 9 nitrogen and oxygen atoms in total. The van der Waals surface area contributed by atoms with Gasteiger partial charge in [-0.1, -0.05) is 22.9 Å². The van der Waals surface area contributed by atoms with Crippen LogP contribution < -0.4 is 15.0 Å². The van der Waals surface area contributed by atoms with Gasteiger partial charge in [-0.25, -0.2) is 14.5 Å². The molecule has 1 saturated heterocycles. The van der Waals surface area contributed by atoms with Gasteiger partial charge in [0, 0.05) is 42.6 Å². The van der Waals surface area contributed by atoms with Crippen molar-refractivity contribution in [2.45, 2.75) is 19.5 Å². The number of carbonyl (C=O) groups is 1. The van der Waals surface area contributed by atoms with Crippen LogP contribution in [0.15, 0.2) is 42.9 Å². The molecule has 1 aliphatic heterocycles. The first-order valence-corrected chi connectivity index (χ1v) is 13.2. The first-order chi connectivity index (χ1) is 18.3. The smallest absolute Gasteiger partial charge is 0.387 e. The fraction of sp³-hybridized carbons (Fsp3) is 0.360. The minimum Gasteiger partial charge on any atom is -0.434 e. The van der Waals surface area contributed by atoms with E-state index < -0.39 is 12.5 Å². The summed E-state index contributed by atoms with van der Waals surface area (Å²) in [6, 6.07) is 6.06. The van der Waals surface area contributed by atoms with E-state index in [0.29, 0.717) is 32.4 Å². The normalized spacial score (nSPS) is 14.6. The van der Waals surface area contributed by atoms with E-state index in [9.17, 15) is 13.6 Å². The number of fused-ring (bicyclic) bond motifs is 1. The number of hydrogen-bond donors (Lipinski definition) is 1. The number of alkyl halides is 2. The number of amides is 1. The molecule has 1 aliphatic rings. The van der Waals surface area contributed by atoms with Crippen LogP contribution in [-0.2, 0) is 0 Å². The van der Waals surface area contributed by atoms with E-state index >= 15 is 0 Å². The Hall–Kier alpha value is -3.35. The van der Waals surface area contributed by atoms with Crippen molar-refractivity contribution in [1.29, 1.82) is 0 Å². The summed E-state index contributed by atoms with van der Waals surface area (Å²) in [6.07, 6.45) is 6.69. The Morgan fingerprint density at radius 3 is 2.84 bits per heavy atom. The van der Waals surface area contributed by atoms with Crippen LogP contribution in [0.3, 0.4) is 0 Å². The molecule has 38 heavy (non-hydrogen) atoms. The Balaban J connectivity index is 1.50. The van der Waals surface area contributed by atoms with Crippen LogP contribution in [0.1, 0.15) is 23.2 Å². The number of nitrogens with one attached hydrogen (secondary N) is 1. The summed E-state index contributed by atoms with van der Waals surface area (Å²) in [4.78, 5) is 26.7. The molecule has 0 bridgehead atoms. The summed E-state index contributed by atoms with van der Waals surface area (Å²) in [5.41, 5.74) is 1.22. The first kappa shape index (κ1) is 26.3. The van der Waals surface area contributed by atoms with Gasteiger partial charge in [0.2, 0.25) is 0 Å². The van der Waals surface area contributed by atoms with Crippen LogP contribution in [0.5, 0.6) is 5.75 Å². The molecule has 0 atom stereocenters. The number of anilines is 2. The molecule has 0 radical (unpaired) electrons. The molecular formula is C25H26ClF2N7O2S. The first-order valence-electron chi connectivity index (χ1n) is 12.0. The van der Waals surface area contributed by atoms with Crippen molar-refractivity contribution in [2.24, 2.45) is 5.92 Å². The molecule has 1 N–H and O–H groups in total. The van der Waals surface area contributed by atoms with Crippen LogP contribution in [-0.4, -0.2) is 70.7 Å². The maximum atomic E-state index is 13.3. The van der Waals surface area contributed by atoms with E-state index in [2.05, 4.69) is 39.3 Å². The summed E-state index contributed by atoms with van der Waals surface area (Å²) >= 11 is 7.51. The molecule has 4 aromatic rings. The predicted molar refractivity (Wildman–Crippen MR) is 144 cm³/mol. The number of rotatable bonds is 8. The number of piperidine rings is 1. The van der Waals surface area contributed by atoms with Crippen LogP contribution >= 0.6 is 22.9 Å². The zero-order valence-corrected chi connectivity index (χ0v) is 22.3. The minimum atomic E-state index is -3.04. The van der Waals surface area contributed by atoms with Gasteiger partial charge in [0.05, 0.1) is 6.20 Å². The highest BCUT2D eigenvalue weighted by Crippen LogP contribution is 2.43. The Morgan fingerprint density at radius 1 is 1.32 bits per heavy atom. The average Bonchev–Trinajstić information content (AvgIpc) is 3.49. The number of halogens is 3. The molecule has 1 aromatic carbocycles. The van der Waals surface area contributed by atoms with Gasteiger partial charge in [0.1, 0.15) is 22.0 Å². The van der Waals surface area contributed by atoms with Crippen LogP contribution in [0.25, 0.3) is 16.9 Å². The van der Waals surface area contributed by atoms with E-state index in [1.165, 1.54) is 40.2 Å². The molecule has 0 aliphatic carbocycles. The van der Waals surface area contributed by atoms with Gasteiger partial charge in [0.15, 0.2) is 10.8 Å². The molecule has 0 spiro atoms. The lowest BCUT2D eigenvalue weighted by molar-refractivity contribution is -0.0494. The SMILES string of the molecule is CN(C)CC1CCN(c2nc(-c3cc(Cl)ccc3OC(F)F)c(NC(=O)c3cnn4cccnc34)s2)CC1. The molecule has 13 heteroatoms. The van der Waals surface area contributed by atoms with Crippen LogP contribution in [0.4, 0.5) is 18.9 Å². The van der Waals surface area contributed by atoms with Gasteiger partial charge < -0.3 is 19.9 Å². The third-order valence-corrected chi connectivity index (χ3v) is 7.55. The summed E-state index contributed by atoms with van der Waals surface area (Å²) in [5.74, 6) is 0.0549. The maximum Gasteiger partial charge on any atom is 0.387 e. The molecule has 200 valence electrons. The van der Waals surface area contributed by atoms with Gasteiger partial charge in [0.25, 0.3) is 5.91 Å². The van der Waals surface area contributed by atoms with Crippen molar-refractivity contribution in [2.75, 3.05) is 43.9 Å². The van der Waals surface area contributed by atoms with Gasteiger partial charge in [-0.3, -0.25) is 4.79 Å². The van der Waals surface area contributed by atoms with E-state index in [-0.39, 0.29) is 16.9 Å². The summed E-state index contributed by atoms with van der Waals surface area (Å²) in [6.45, 7) is -0.422. The standard InChI is InChI=1S/C25H26ClF2N7O2S/c1-33(2)14-15-6-10-34(11-7-15)25-31-20(17-12-16(26)4-5-19(17)37-24(27)28)23(38-25)32-22(36)18-13-30-35-9-3-8-29-21(18)35/h3-5,8-9,12-13,15,24H,6-7,10-11,14H2,1-2H3,(H,32,36). The maximum absolute atomic E-state index is 13.3. The molecule has 5 rings (SSSR count). The Morgan fingerprint density at radius 2 is 2.11 bits per heavy atom. The number of hydrogen-bond acceptors (Lipinski definition) is 8. The largest absolute Gasteiger partial charge is 0.434 e. The molecule has 3 aromatic heterocycles. The van der Waals surface area contributed by atoms with Gasteiger partial charge in [-0.05, 0) is 57.1 Å². The van der Waals surface area contributed by atoms with Crippen molar-refractivity contribution in [3.63, 3.8) is 0 Å². The second kappa shape index (κ2) is 11.2. The molecule has 1 fully saturated rings. The molecule has 4 heterocycles. The van der Waals surface area contributed by atoms with Crippen molar-refractivity contribution < 1.29 is 18.3 Å². The van der Waals surface area contributed by atoms with Gasteiger partial charge in [-0.2, -0.15) is 13.9 Å². The second-order valence-electron chi connectivity index (χ2n) is 9.29. The number of thiazole rings is 1. The van der Waals surface area contributed by atoms with Crippen molar-refractivity contribution in [3.05, 3.63) is 53.4 Å². The highest BCUT2D eigenvalue weighted by atomic mass is 35.5. The monoisotopic (exact) mass is 561 g/mol. The average molecular weight is 562 g/mol. The lowest BCUT2D eigenvalue weighted by Crippen LogP contribution is -2.37. The summed E-state index contributed by atoms with van der Waals surface area (Å²) in [5, 5.41) is 8.47. The molecule has 0 saturated carbocycles. The lowest BCUT2D eigenvalue weighted by atomic mass is 9.97. The molecule has 0 unspecified atom stereocenters. The van der Waals surface area contributed by atoms with E-state index in [1.807, 2.05) is 0 Å². The number of carbonyl (C=O) groups excluding carboxylic acids is 1. The van der Waals surface area contributed by atoms with Gasteiger partial charge in [-0.15, -0.1) is 0 Å². The zero-order valence-electron chi connectivity index (χ0n) is 20.8. The number of aromatic nitrogens is 4. The quantitative estimate of drug-likeness (QED) is 0.319. The third kappa shape index (κ3) is 5.71. The number of ether oxygens (including phenoxy) is 1. The second-order valence-corrected chi connectivity index (χ2v) is 10.7. The number of nitrogens with zero attached hydrogens (tertiary/aromatic N) is 6. The Kier molecular flexibility index (Phi) is 7.73. The van der Waals surface area contributed by atoms with E-state index in [0.717, 1.165) is 32.5 Å². The zero-order chi connectivity index (χ0) is 26.8. The third-order valence-electron chi connectivity index (χ3n) is 6.29. The highest BCUT2D eigenvalue weighted by molar-refractivity contribution is 7.20. The van der Waals surface area contributed by atoms with Crippen molar-refractivity contribution in [3.8, 4) is 17.0 Å². The van der Waals surface area contributed by atoms with Crippen molar-refractivity contribution in [1.82, 2.24) is 24.5 Å². The van der Waals surface area contributed by atoms with Gasteiger partial charge >= 0.3 is 6.61 Å². The lowest BCUT2D eigenvalue weighted by Gasteiger charge is -2.32. The van der Waals surface area contributed by atoms with E-state index in [4.69, 9.17) is 21.3 Å². The summed E-state index contributed by atoms with van der Waals surface area (Å²) in [7, 11) is 4.13. The fourth-order valence-corrected chi connectivity index (χ4v) is 5.78. The van der Waals surface area contributed by atoms with Crippen LogP contribution in [0.2, 0.25) is 5.02 Å². The minimum absolute atomic E-state index is 0.0842.